The minimum Gasteiger partial charge on any atom is -0.393 e. The van der Waals surface area contributed by atoms with Gasteiger partial charge in [-0.2, -0.15) is 13.2 Å². The highest BCUT2D eigenvalue weighted by Gasteiger charge is 2.49. The van der Waals surface area contributed by atoms with Crippen molar-refractivity contribution in [3.05, 3.63) is 29.6 Å². The second-order valence-electron chi connectivity index (χ2n) is 3.87. The van der Waals surface area contributed by atoms with Gasteiger partial charge in [-0.05, 0) is 25.0 Å². The fraction of sp³-hybridized carbons (Fsp3) is 0.400. The number of hydrogen-bond acceptors (Lipinski definition) is 2. The third kappa shape index (κ3) is 1.77. The minimum atomic E-state index is -4.36. The van der Waals surface area contributed by atoms with E-state index in [-0.39, 0.29) is 4.99 Å². The van der Waals surface area contributed by atoms with Gasteiger partial charge in [0, 0.05) is 6.20 Å². The lowest BCUT2D eigenvalue weighted by Gasteiger charge is -2.14. The third-order valence-electron chi connectivity index (χ3n) is 2.80. The van der Waals surface area contributed by atoms with Crippen LogP contribution >= 0.6 is 12.2 Å². The highest BCUT2D eigenvalue weighted by atomic mass is 32.1. The Morgan fingerprint density at radius 1 is 1.44 bits per heavy atom. The lowest BCUT2D eigenvalue weighted by Crippen LogP contribution is -2.27. The molecule has 0 aliphatic heterocycles. The minimum absolute atomic E-state index is 0.222. The number of rotatable bonds is 2. The Morgan fingerprint density at radius 3 is 2.50 bits per heavy atom. The quantitative estimate of drug-likeness (QED) is 0.814. The normalized spacial score (nSPS) is 18.2. The first-order valence-electron chi connectivity index (χ1n) is 4.70. The first-order chi connectivity index (χ1) is 7.36. The fourth-order valence-electron chi connectivity index (χ4n) is 1.62. The van der Waals surface area contributed by atoms with E-state index in [1.807, 2.05) is 0 Å². The van der Waals surface area contributed by atoms with Crippen LogP contribution in [0.5, 0.6) is 0 Å². The van der Waals surface area contributed by atoms with E-state index in [2.05, 4.69) is 4.98 Å². The van der Waals surface area contributed by atoms with Gasteiger partial charge in [-0.3, -0.25) is 4.98 Å². The third-order valence-corrected chi connectivity index (χ3v) is 3.19. The molecule has 1 heterocycles. The van der Waals surface area contributed by atoms with E-state index in [0.717, 1.165) is 18.3 Å². The number of nitrogens with zero attached hydrogens (tertiary/aromatic N) is 1. The van der Waals surface area contributed by atoms with Crippen LogP contribution in [-0.4, -0.2) is 9.97 Å². The van der Waals surface area contributed by atoms with Crippen LogP contribution in [0.1, 0.15) is 24.1 Å². The summed E-state index contributed by atoms with van der Waals surface area (Å²) in [6.07, 6.45) is -1.85. The Hall–Kier alpha value is -1.17. The molecule has 0 unspecified atom stereocenters. The van der Waals surface area contributed by atoms with Crippen molar-refractivity contribution < 1.29 is 13.2 Å². The maximum Gasteiger partial charge on any atom is 0.416 e. The smallest absolute Gasteiger partial charge is 0.393 e. The molecular weight excluding hydrogens is 237 g/mol. The van der Waals surface area contributed by atoms with Crippen LogP contribution in [0.2, 0.25) is 0 Å². The molecule has 86 valence electrons. The number of thiocarbonyl (C=S) groups is 1. The summed E-state index contributed by atoms with van der Waals surface area (Å²) in [6.45, 7) is 0. The molecule has 2 nitrogen and oxygen atoms in total. The molecule has 2 N–H and O–H groups in total. The first-order valence-corrected chi connectivity index (χ1v) is 5.11. The zero-order valence-corrected chi connectivity index (χ0v) is 9.03. The molecule has 1 aliphatic carbocycles. The number of hydrogen-bond donors (Lipinski definition) is 1. The second kappa shape index (κ2) is 3.41. The molecule has 0 amide bonds. The van der Waals surface area contributed by atoms with Crippen LogP contribution in [0.3, 0.4) is 0 Å². The predicted molar refractivity (Wildman–Crippen MR) is 56.9 cm³/mol. The average Bonchev–Trinajstić information content (AvgIpc) is 2.97. The van der Waals surface area contributed by atoms with E-state index in [9.17, 15) is 13.2 Å². The van der Waals surface area contributed by atoms with E-state index < -0.39 is 17.2 Å². The predicted octanol–water partition coefficient (Wildman–Crippen LogP) is 2.42. The monoisotopic (exact) mass is 246 g/mol. The van der Waals surface area contributed by atoms with Crippen molar-refractivity contribution in [3.63, 3.8) is 0 Å². The molecule has 2 rings (SSSR count). The lowest BCUT2D eigenvalue weighted by atomic mass is 10.0. The van der Waals surface area contributed by atoms with Crippen molar-refractivity contribution in [2.24, 2.45) is 5.73 Å². The van der Waals surface area contributed by atoms with Gasteiger partial charge >= 0.3 is 6.18 Å². The van der Waals surface area contributed by atoms with E-state index in [1.54, 1.807) is 0 Å². The van der Waals surface area contributed by atoms with Crippen molar-refractivity contribution in [1.29, 1.82) is 0 Å². The number of alkyl halides is 3. The SMILES string of the molecule is NC(=S)C1(c2cc(C(F)(F)F)ccn2)CC1. The number of aromatic nitrogens is 1. The standard InChI is InChI=1S/C10H9F3N2S/c11-10(12,13)6-1-4-15-7(5-6)9(2-3-9)8(14)16/h1,4-5H,2-3H2,(H2,14,16). The Kier molecular flexibility index (Phi) is 2.41. The largest absolute Gasteiger partial charge is 0.416 e. The number of nitrogens with two attached hydrogens (primary N) is 1. The van der Waals surface area contributed by atoms with Crippen LogP contribution < -0.4 is 5.73 Å². The van der Waals surface area contributed by atoms with Gasteiger partial charge in [0.15, 0.2) is 0 Å². The molecule has 16 heavy (non-hydrogen) atoms. The maximum atomic E-state index is 12.5. The number of halogens is 3. The lowest BCUT2D eigenvalue weighted by molar-refractivity contribution is -0.137. The van der Waals surface area contributed by atoms with Crippen LogP contribution in [0, 0.1) is 0 Å². The molecule has 0 atom stereocenters. The fourth-order valence-corrected chi connectivity index (χ4v) is 1.93. The van der Waals surface area contributed by atoms with Crippen LogP contribution in [0.25, 0.3) is 0 Å². The molecular formula is C10H9F3N2S. The molecule has 0 saturated heterocycles. The van der Waals surface area contributed by atoms with E-state index >= 15 is 0 Å². The zero-order valence-electron chi connectivity index (χ0n) is 8.21. The van der Waals surface area contributed by atoms with Gasteiger partial charge in [-0.25, -0.2) is 0 Å². The molecule has 1 aromatic rings. The highest BCUT2D eigenvalue weighted by molar-refractivity contribution is 7.80. The van der Waals surface area contributed by atoms with Crippen LogP contribution in [0.4, 0.5) is 13.2 Å². The summed E-state index contributed by atoms with van der Waals surface area (Å²) in [4.78, 5) is 4.16. The molecule has 0 spiro atoms. The zero-order chi connectivity index (χ0) is 12.0. The van der Waals surface area contributed by atoms with Crippen molar-refractivity contribution >= 4 is 17.2 Å². The van der Waals surface area contributed by atoms with Crippen LogP contribution in [0.15, 0.2) is 18.3 Å². The van der Waals surface area contributed by atoms with Crippen molar-refractivity contribution in [2.75, 3.05) is 0 Å². The maximum absolute atomic E-state index is 12.5. The summed E-state index contributed by atoms with van der Waals surface area (Å²) >= 11 is 4.87. The summed E-state index contributed by atoms with van der Waals surface area (Å²) < 4.78 is 37.5. The van der Waals surface area contributed by atoms with Crippen LogP contribution in [-0.2, 0) is 11.6 Å². The highest BCUT2D eigenvalue weighted by Crippen LogP contribution is 2.48. The van der Waals surface area contributed by atoms with Gasteiger partial charge in [0.2, 0.25) is 0 Å². The Balaban J connectivity index is 2.41. The summed E-state index contributed by atoms with van der Waals surface area (Å²) in [5, 5.41) is 0. The van der Waals surface area contributed by atoms with Gasteiger partial charge < -0.3 is 5.73 Å². The molecule has 0 radical (unpaired) electrons. The van der Waals surface area contributed by atoms with E-state index in [0.29, 0.717) is 18.5 Å². The summed E-state index contributed by atoms with van der Waals surface area (Å²) in [5.74, 6) is 0. The van der Waals surface area contributed by atoms with E-state index in [4.69, 9.17) is 18.0 Å². The van der Waals surface area contributed by atoms with Gasteiger partial charge in [-0.1, -0.05) is 12.2 Å². The van der Waals surface area contributed by atoms with Crippen molar-refractivity contribution in [1.82, 2.24) is 4.98 Å². The van der Waals surface area contributed by atoms with Crippen molar-refractivity contribution in [2.45, 2.75) is 24.4 Å². The first kappa shape index (κ1) is 11.3. The molecule has 0 aromatic carbocycles. The second-order valence-corrected chi connectivity index (χ2v) is 4.31. The van der Waals surface area contributed by atoms with Gasteiger partial charge in [0.1, 0.15) is 0 Å². The van der Waals surface area contributed by atoms with E-state index in [1.165, 1.54) is 0 Å². The molecule has 1 saturated carbocycles. The Labute approximate surface area is 95.7 Å². The van der Waals surface area contributed by atoms with Gasteiger partial charge in [0.05, 0.1) is 21.7 Å². The summed E-state index contributed by atoms with van der Waals surface area (Å²) in [6, 6.07) is 1.98. The topological polar surface area (TPSA) is 38.9 Å². The molecule has 0 bridgehead atoms. The Bertz CT molecular complexity index is 438. The molecule has 6 heteroatoms. The number of pyridine rings is 1. The molecule has 1 aromatic heterocycles. The van der Waals surface area contributed by atoms with Gasteiger partial charge in [-0.15, -0.1) is 0 Å². The molecule has 1 aliphatic rings. The summed E-state index contributed by atoms with van der Waals surface area (Å²) in [5.41, 5.74) is 4.55. The summed E-state index contributed by atoms with van der Waals surface area (Å²) in [7, 11) is 0. The van der Waals surface area contributed by atoms with Crippen molar-refractivity contribution in [3.8, 4) is 0 Å². The van der Waals surface area contributed by atoms with Gasteiger partial charge in [0.25, 0.3) is 0 Å². The molecule has 1 fully saturated rings. The Morgan fingerprint density at radius 2 is 2.06 bits per heavy atom. The average molecular weight is 246 g/mol.